The van der Waals surface area contributed by atoms with Crippen molar-refractivity contribution in [3.8, 4) is 5.88 Å². The molecule has 0 aromatic carbocycles. The quantitative estimate of drug-likeness (QED) is 0.125. The Morgan fingerprint density at radius 1 is 0.645 bits per heavy atom. The van der Waals surface area contributed by atoms with Gasteiger partial charge in [-0.25, -0.2) is 19.4 Å². The highest BCUT2D eigenvalue weighted by molar-refractivity contribution is 6.75. The van der Waals surface area contributed by atoms with Gasteiger partial charge in [-0.1, -0.05) is 62.3 Å². The lowest BCUT2D eigenvalue weighted by atomic mass is 10.1. The second-order valence-electron chi connectivity index (χ2n) is 23.8. The number of ether oxygens (including phenoxy) is 5. The van der Waals surface area contributed by atoms with Gasteiger partial charge in [-0.2, -0.15) is 9.97 Å². The average molecular weight is 926 g/mol. The maximum atomic E-state index is 14.0. The van der Waals surface area contributed by atoms with Crippen LogP contribution < -0.4 is 9.64 Å². The van der Waals surface area contributed by atoms with Crippen molar-refractivity contribution in [1.82, 2.24) is 19.5 Å². The van der Waals surface area contributed by atoms with Crippen molar-refractivity contribution in [2.45, 2.75) is 220 Å². The molecule has 1 saturated heterocycles. The summed E-state index contributed by atoms with van der Waals surface area (Å²) < 4.78 is 52.9. The van der Waals surface area contributed by atoms with Crippen LogP contribution in [0.3, 0.4) is 0 Å². The minimum Gasteiger partial charge on any atom is -0.443 e. The number of imidazole rings is 1. The van der Waals surface area contributed by atoms with E-state index in [2.05, 4.69) is 112 Å². The van der Waals surface area contributed by atoms with Gasteiger partial charge in [0.2, 0.25) is 5.95 Å². The molecule has 0 bridgehead atoms. The fourth-order valence-electron chi connectivity index (χ4n) is 5.31. The largest absolute Gasteiger partial charge is 0.515 e. The molecule has 19 heteroatoms. The Morgan fingerprint density at radius 3 is 1.50 bits per heavy atom. The number of carbonyl (C=O) groups excluding carboxylic acids is 3. The number of fused-ring (bicyclic) bond motifs is 1. The van der Waals surface area contributed by atoms with Gasteiger partial charge < -0.3 is 37.0 Å². The maximum absolute atomic E-state index is 14.0. The summed E-state index contributed by atoms with van der Waals surface area (Å²) in [4.78, 5) is 55.6. The molecule has 0 saturated carbocycles. The van der Waals surface area contributed by atoms with E-state index in [-0.39, 0.29) is 38.8 Å². The molecule has 1 aliphatic heterocycles. The Morgan fingerprint density at radius 2 is 1.08 bits per heavy atom. The van der Waals surface area contributed by atoms with Crippen LogP contribution in [0.4, 0.5) is 20.3 Å². The second kappa shape index (κ2) is 17.8. The van der Waals surface area contributed by atoms with Crippen LogP contribution in [0, 0.1) is 0 Å². The molecule has 0 aliphatic carbocycles. The van der Waals surface area contributed by atoms with E-state index < -0.39 is 90.6 Å². The normalized spacial score (nSPS) is 20.0. The van der Waals surface area contributed by atoms with Crippen molar-refractivity contribution in [2.75, 3.05) is 11.5 Å². The Hall–Kier alpha value is -2.95. The summed E-state index contributed by atoms with van der Waals surface area (Å²) in [5, 5.41) is -0.455. The number of carbonyl (C=O) groups is 3. The van der Waals surface area contributed by atoms with E-state index in [9.17, 15) is 14.4 Å². The number of rotatable bonds is 10. The Kier molecular flexibility index (Phi) is 15.3. The van der Waals surface area contributed by atoms with Crippen LogP contribution in [-0.2, 0) is 32.2 Å². The molecule has 3 rings (SSSR count). The Bertz CT molecular complexity index is 1900. The van der Waals surface area contributed by atoms with E-state index in [4.69, 9.17) is 41.9 Å². The highest BCUT2D eigenvalue weighted by Crippen LogP contribution is 2.47. The zero-order chi connectivity index (χ0) is 48.2. The van der Waals surface area contributed by atoms with Gasteiger partial charge in [0.1, 0.15) is 35.1 Å². The Labute approximate surface area is 374 Å². The molecule has 0 N–H and O–H groups in total. The highest BCUT2D eigenvalue weighted by atomic mass is 28.4. The molecule has 1 aliphatic rings. The van der Waals surface area contributed by atoms with Crippen molar-refractivity contribution < 1.29 is 51.3 Å². The first kappa shape index (κ1) is 53.4. The number of nitrogens with zero attached hydrogens (tertiary/aromatic N) is 5. The number of hydrogen-bond donors (Lipinski definition) is 0. The smallest absolute Gasteiger partial charge is 0.443 e. The monoisotopic (exact) mass is 926 g/mol. The summed E-state index contributed by atoms with van der Waals surface area (Å²) >= 11 is 0. The topological polar surface area (TPSA) is 172 Å². The molecular formula is C43H79N5O11Si3. The highest BCUT2D eigenvalue weighted by Gasteiger charge is 2.55. The van der Waals surface area contributed by atoms with E-state index in [0.29, 0.717) is 4.90 Å². The van der Waals surface area contributed by atoms with Crippen LogP contribution in [0.25, 0.3) is 11.2 Å². The lowest BCUT2D eigenvalue weighted by Gasteiger charge is -2.44. The summed E-state index contributed by atoms with van der Waals surface area (Å²) in [7, 11) is -7.40. The van der Waals surface area contributed by atoms with Gasteiger partial charge in [0.25, 0.3) is 5.88 Å². The predicted octanol–water partition coefficient (Wildman–Crippen LogP) is 11.5. The third kappa shape index (κ3) is 13.3. The molecule has 2 amide bonds. The molecule has 62 heavy (non-hydrogen) atoms. The number of imide groups is 1. The van der Waals surface area contributed by atoms with Gasteiger partial charge in [0.15, 0.2) is 42.3 Å². The molecular weight excluding hydrogens is 847 g/mol. The molecule has 0 unspecified atom stereocenters. The van der Waals surface area contributed by atoms with E-state index in [1.807, 2.05) is 0 Å². The molecule has 2 aromatic rings. The second-order valence-corrected chi connectivity index (χ2v) is 38.2. The molecule has 4 atom stereocenters. The first-order chi connectivity index (χ1) is 27.5. The molecule has 16 nitrogen and oxygen atoms in total. The van der Waals surface area contributed by atoms with Gasteiger partial charge >= 0.3 is 18.3 Å². The van der Waals surface area contributed by atoms with Crippen molar-refractivity contribution in [2.24, 2.45) is 0 Å². The molecule has 2 aromatic heterocycles. The van der Waals surface area contributed by atoms with Crippen molar-refractivity contribution in [3.63, 3.8) is 0 Å². The van der Waals surface area contributed by atoms with Crippen LogP contribution in [-0.4, -0.2) is 105 Å². The van der Waals surface area contributed by atoms with Gasteiger partial charge in [-0.3, -0.25) is 4.57 Å². The van der Waals surface area contributed by atoms with Crippen LogP contribution in [0.5, 0.6) is 5.88 Å². The first-order valence-electron chi connectivity index (χ1n) is 21.5. The zero-order valence-electron chi connectivity index (χ0n) is 42.3. The van der Waals surface area contributed by atoms with Crippen molar-refractivity contribution >= 4 is 60.4 Å². The third-order valence-electron chi connectivity index (χ3n) is 11.7. The van der Waals surface area contributed by atoms with E-state index >= 15 is 0 Å². The zero-order valence-corrected chi connectivity index (χ0v) is 45.3. The fraction of sp³-hybridized carbons (Fsp3) is 0.814. The summed E-state index contributed by atoms with van der Waals surface area (Å²) in [5.74, 6) is -0.894. The first-order valence-corrected chi connectivity index (χ1v) is 30.3. The fourth-order valence-corrected chi connectivity index (χ4v) is 8.93. The lowest BCUT2D eigenvalue weighted by molar-refractivity contribution is -0.0470. The van der Waals surface area contributed by atoms with Gasteiger partial charge in [-0.15, -0.1) is 4.90 Å². The Balaban J connectivity index is 2.47. The number of amides is 2. The van der Waals surface area contributed by atoms with Crippen LogP contribution in [0.15, 0.2) is 6.33 Å². The number of anilines is 1. The van der Waals surface area contributed by atoms with Crippen molar-refractivity contribution in [3.05, 3.63) is 6.33 Å². The van der Waals surface area contributed by atoms with E-state index in [1.165, 1.54) is 6.33 Å². The minimum atomic E-state index is -2.59. The van der Waals surface area contributed by atoms with Crippen LogP contribution in [0.1, 0.15) is 131 Å². The van der Waals surface area contributed by atoms with Gasteiger partial charge in [-0.05, 0) is 117 Å². The molecule has 0 radical (unpaired) electrons. The minimum absolute atomic E-state index is 0.0189. The van der Waals surface area contributed by atoms with Crippen molar-refractivity contribution in [1.29, 1.82) is 0 Å². The number of hydrogen-bond acceptors (Lipinski definition) is 14. The molecule has 1 fully saturated rings. The van der Waals surface area contributed by atoms with Gasteiger partial charge in [0, 0.05) is 0 Å². The number of aromatic nitrogens is 4. The molecule has 354 valence electrons. The van der Waals surface area contributed by atoms with E-state index in [0.717, 1.165) is 0 Å². The van der Waals surface area contributed by atoms with Crippen LogP contribution in [0.2, 0.25) is 54.4 Å². The molecule has 3 heterocycles. The third-order valence-corrected chi connectivity index (χ3v) is 25.2. The summed E-state index contributed by atoms with van der Waals surface area (Å²) in [5.41, 5.74) is -2.93. The standard InChI is InChI=1S/C43H79N5O11Si3/c1-38(2,3)55-35(49)48(36(50)56-39(4,5)6)34-45-31-28(32(46-34)54-37(51)57-40(7,8)9)44-26-47(31)33-30(59-62(23,24)43(16,17)18)29(58-61(21,22)42(13,14)15)27(53-33)25-52-60(19,20)41(10,11)12/h26-27,29-30,33H,25H2,1-24H3/t27-,29-,30-,33-/m1/s1. The van der Waals surface area contributed by atoms with E-state index in [1.54, 1.807) is 66.9 Å². The summed E-state index contributed by atoms with van der Waals surface area (Å²) in [6.45, 7) is 48.0. The van der Waals surface area contributed by atoms with Crippen LogP contribution >= 0.6 is 0 Å². The summed E-state index contributed by atoms with van der Waals surface area (Å²) in [6, 6.07) is 0. The lowest BCUT2D eigenvalue weighted by Crippen LogP contribution is -2.54. The molecule has 0 spiro atoms. The average Bonchev–Trinajstić information content (AvgIpc) is 3.56. The predicted molar refractivity (Wildman–Crippen MR) is 248 cm³/mol. The van der Waals surface area contributed by atoms with Gasteiger partial charge in [0.05, 0.1) is 12.9 Å². The summed E-state index contributed by atoms with van der Waals surface area (Å²) in [6.07, 6.45) is -4.72. The maximum Gasteiger partial charge on any atom is 0.515 e. The SMILES string of the molecule is CC(C)(C)OC(=O)Oc1nc(N(C(=O)OC(C)(C)C)C(=O)OC(C)(C)C)nc2c1ncn2[C@@H]1O[C@H](CO[Si](C)(C)C(C)(C)C)[C@@H](O[Si](C)(C)C(C)(C)C)[C@H]1O[Si](C)(C)C(C)(C)C.